The third-order valence-electron chi connectivity index (χ3n) is 4.38. The first-order chi connectivity index (χ1) is 10.7. The number of hydrogen-bond donors (Lipinski definition) is 1. The zero-order valence-electron chi connectivity index (χ0n) is 12.2. The van der Waals surface area contributed by atoms with Crippen molar-refractivity contribution in [1.82, 2.24) is 4.98 Å². The minimum Gasteiger partial charge on any atom is -0.438 e. The Bertz CT molecular complexity index is 836. The maximum absolute atomic E-state index is 6.40. The molecule has 0 saturated carbocycles. The van der Waals surface area contributed by atoms with Gasteiger partial charge in [-0.2, -0.15) is 0 Å². The summed E-state index contributed by atoms with van der Waals surface area (Å²) in [4.78, 5) is 4.73. The van der Waals surface area contributed by atoms with E-state index in [4.69, 9.17) is 26.7 Å². The van der Waals surface area contributed by atoms with E-state index in [0.29, 0.717) is 10.7 Å². The van der Waals surface area contributed by atoms with Crippen molar-refractivity contribution in [2.24, 2.45) is 0 Å². The molecule has 1 aliphatic rings. The average Bonchev–Trinajstić information content (AvgIpc) is 2.80. The molecule has 2 N–H and O–H groups in total. The molecule has 1 aromatic carbocycles. The van der Waals surface area contributed by atoms with Crippen molar-refractivity contribution in [3.63, 3.8) is 0 Å². The molecule has 2 aromatic heterocycles. The molecule has 4 heteroatoms. The van der Waals surface area contributed by atoms with Gasteiger partial charge in [0, 0.05) is 22.0 Å². The molecule has 0 unspecified atom stereocenters. The van der Waals surface area contributed by atoms with Crippen molar-refractivity contribution >= 4 is 28.4 Å². The fraction of sp³-hybridized carbons (Fsp3) is 0.278. The van der Waals surface area contributed by atoms with E-state index in [1.54, 1.807) is 0 Å². The molecule has 0 bridgehead atoms. The number of furan rings is 1. The number of rotatable bonds is 1. The Kier molecular flexibility index (Phi) is 3.30. The molecule has 0 atom stereocenters. The van der Waals surface area contributed by atoms with Crippen LogP contribution in [0, 0.1) is 0 Å². The zero-order valence-corrected chi connectivity index (χ0v) is 13.0. The predicted octanol–water partition coefficient (Wildman–Crippen LogP) is 5.00. The maximum Gasteiger partial charge on any atom is 0.229 e. The van der Waals surface area contributed by atoms with Crippen LogP contribution in [0.25, 0.3) is 22.4 Å². The number of aromatic nitrogens is 1. The van der Waals surface area contributed by atoms with Crippen LogP contribution in [-0.4, -0.2) is 4.98 Å². The first kappa shape index (κ1) is 13.6. The van der Waals surface area contributed by atoms with Crippen LogP contribution in [0.3, 0.4) is 0 Å². The number of anilines is 1. The molecule has 0 saturated heterocycles. The smallest absolute Gasteiger partial charge is 0.229 e. The summed E-state index contributed by atoms with van der Waals surface area (Å²) in [6.07, 6.45) is 5.62. The van der Waals surface area contributed by atoms with E-state index in [1.165, 1.54) is 24.8 Å². The zero-order chi connectivity index (χ0) is 15.1. The van der Waals surface area contributed by atoms with Gasteiger partial charge < -0.3 is 10.2 Å². The van der Waals surface area contributed by atoms with E-state index in [-0.39, 0.29) is 0 Å². The summed E-state index contributed by atoms with van der Waals surface area (Å²) in [6, 6.07) is 9.60. The van der Waals surface area contributed by atoms with Crippen molar-refractivity contribution in [2.45, 2.75) is 32.1 Å². The van der Waals surface area contributed by atoms with E-state index in [1.807, 2.05) is 30.3 Å². The second-order valence-corrected chi connectivity index (χ2v) is 6.28. The number of hydrogen-bond acceptors (Lipinski definition) is 3. The van der Waals surface area contributed by atoms with Gasteiger partial charge in [-0.05, 0) is 61.6 Å². The second kappa shape index (κ2) is 5.33. The van der Waals surface area contributed by atoms with Crippen molar-refractivity contribution < 1.29 is 4.42 Å². The number of nitrogen functional groups attached to an aromatic ring is 1. The van der Waals surface area contributed by atoms with E-state index in [2.05, 4.69) is 0 Å². The summed E-state index contributed by atoms with van der Waals surface area (Å²) >= 11 is 5.94. The van der Waals surface area contributed by atoms with Gasteiger partial charge in [0.25, 0.3) is 0 Å². The Labute approximate surface area is 134 Å². The molecule has 4 rings (SSSR count). The maximum atomic E-state index is 6.40. The standard InChI is InChI=1S/C18H17ClN2O/c19-12-8-6-11(7-9-12)16-10-14-17(20)13-4-2-1-3-5-15(13)21-18(14)22-16/h6-10H,1-5H2,(H2,20,21). The first-order valence-corrected chi connectivity index (χ1v) is 8.07. The number of fused-ring (bicyclic) bond motifs is 2. The Morgan fingerprint density at radius 3 is 2.64 bits per heavy atom. The third kappa shape index (κ3) is 2.26. The Balaban J connectivity index is 1.87. The van der Waals surface area contributed by atoms with E-state index >= 15 is 0 Å². The van der Waals surface area contributed by atoms with Crippen molar-refractivity contribution in [2.75, 3.05) is 5.73 Å². The summed E-state index contributed by atoms with van der Waals surface area (Å²) in [5, 5.41) is 1.63. The highest BCUT2D eigenvalue weighted by molar-refractivity contribution is 6.30. The Morgan fingerprint density at radius 1 is 1.05 bits per heavy atom. The number of halogens is 1. The lowest BCUT2D eigenvalue weighted by Gasteiger charge is -2.08. The molecule has 3 nitrogen and oxygen atoms in total. The van der Waals surface area contributed by atoms with Gasteiger partial charge in [0.15, 0.2) is 0 Å². The van der Waals surface area contributed by atoms with Crippen molar-refractivity contribution in [1.29, 1.82) is 0 Å². The van der Waals surface area contributed by atoms with Gasteiger partial charge in [-0.15, -0.1) is 0 Å². The predicted molar refractivity (Wildman–Crippen MR) is 90.1 cm³/mol. The highest BCUT2D eigenvalue weighted by Crippen LogP contribution is 2.35. The minimum atomic E-state index is 0.642. The normalized spacial score (nSPS) is 14.8. The number of benzene rings is 1. The largest absolute Gasteiger partial charge is 0.438 e. The number of aryl methyl sites for hydroxylation is 1. The number of pyridine rings is 1. The molecule has 22 heavy (non-hydrogen) atoms. The fourth-order valence-corrected chi connectivity index (χ4v) is 3.30. The Morgan fingerprint density at radius 2 is 1.82 bits per heavy atom. The molecule has 0 radical (unpaired) electrons. The van der Waals surface area contributed by atoms with Crippen LogP contribution in [-0.2, 0) is 12.8 Å². The van der Waals surface area contributed by atoms with Gasteiger partial charge in [0.1, 0.15) is 5.76 Å². The number of nitrogens with two attached hydrogens (primary N) is 1. The van der Waals surface area contributed by atoms with Crippen LogP contribution in [0.4, 0.5) is 5.69 Å². The SMILES string of the molecule is Nc1c2c(nc3oc(-c4ccc(Cl)cc4)cc13)CCCCC2. The van der Waals surface area contributed by atoms with Crippen LogP contribution < -0.4 is 5.73 Å². The van der Waals surface area contributed by atoms with Gasteiger partial charge in [-0.1, -0.05) is 18.0 Å². The quantitative estimate of drug-likeness (QED) is 0.643. The lowest BCUT2D eigenvalue weighted by atomic mass is 10.0. The van der Waals surface area contributed by atoms with Crippen LogP contribution in [0.5, 0.6) is 0 Å². The highest BCUT2D eigenvalue weighted by Gasteiger charge is 2.18. The third-order valence-corrected chi connectivity index (χ3v) is 4.63. The van der Waals surface area contributed by atoms with E-state index in [0.717, 1.165) is 40.9 Å². The second-order valence-electron chi connectivity index (χ2n) is 5.85. The van der Waals surface area contributed by atoms with Crippen LogP contribution >= 0.6 is 11.6 Å². The first-order valence-electron chi connectivity index (χ1n) is 7.69. The van der Waals surface area contributed by atoms with Crippen LogP contribution in [0.1, 0.15) is 30.5 Å². The van der Waals surface area contributed by atoms with E-state index < -0.39 is 0 Å². The monoisotopic (exact) mass is 312 g/mol. The molecule has 0 aliphatic heterocycles. The summed E-state index contributed by atoms with van der Waals surface area (Å²) in [5.41, 5.74) is 11.2. The lowest BCUT2D eigenvalue weighted by molar-refractivity contribution is 0.615. The van der Waals surface area contributed by atoms with Crippen molar-refractivity contribution in [3.05, 3.63) is 46.6 Å². The van der Waals surface area contributed by atoms with Gasteiger partial charge in [0.2, 0.25) is 5.71 Å². The molecule has 3 aromatic rings. The molecule has 1 aliphatic carbocycles. The summed E-state index contributed by atoms with van der Waals surface area (Å²) in [5.74, 6) is 0.783. The summed E-state index contributed by atoms with van der Waals surface area (Å²) in [6.45, 7) is 0. The van der Waals surface area contributed by atoms with Gasteiger partial charge >= 0.3 is 0 Å². The van der Waals surface area contributed by atoms with E-state index in [9.17, 15) is 0 Å². The lowest BCUT2D eigenvalue weighted by Crippen LogP contribution is -2.01. The summed E-state index contributed by atoms with van der Waals surface area (Å²) < 4.78 is 5.95. The molecule has 2 heterocycles. The molecule has 0 fully saturated rings. The number of nitrogens with zero attached hydrogens (tertiary/aromatic N) is 1. The topological polar surface area (TPSA) is 52.0 Å². The summed E-state index contributed by atoms with van der Waals surface area (Å²) in [7, 11) is 0. The Hall–Kier alpha value is -2.00. The minimum absolute atomic E-state index is 0.642. The van der Waals surface area contributed by atoms with Gasteiger partial charge in [-0.3, -0.25) is 0 Å². The van der Waals surface area contributed by atoms with Crippen LogP contribution in [0.2, 0.25) is 5.02 Å². The van der Waals surface area contributed by atoms with Crippen LogP contribution in [0.15, 0.2) is 34.7 Å². The molecule has 0 spiro atoms. The van der Waals surface area contributed by atoms with Gasteiger partial charge in [-0.25, -0.2) is 4.98 Å². The molecular weight excluding hydrogens is 296 g/mol. The molecular formula is C18H17ClN2O. The molecule has 112 valence electrons. The fourth-order valence-electron chi connectivity index (χ4n) is 3.18. The molecule has 0 amide bonds. The highest BCUT2D eigenvalue weighted by atomic mass is 35.5. The van der Waals surface area contributed by atoms with Gasteiger partial charge in [0.05, 0.1) is 5.39 Å². The van der Waals surface area contributed by atoms with Crippen molar-refractivity contribution in [3.8, 4) is 11.3 Å². The average molecular weight is 313 g/mol.